The van der Waals surface area contributed by atoms with E-state index in [-0.39, 0.29) is 5.54 Å². The molecule has 1 aromatic rings. The highest BCUT2D eigenvalue weighted by Crippen LogP contribution is 2.16. The van der Waals surface area contributed by atoms with Crippen molar-refractivity contribution < 1.29 is 13.9 Å². The van der Waals surface area contributed by atoms with E-state index in [0.717, 1.165) is 38.5 Å². The van der Waals surface area contributed by atoms with Crippen molar-refractivity contribution in [2.24, 2.45) is 5.92 Å². The van der Waals surface area contributed by atoms with Crippen molar-refractivity contribution in [2.75, 3.05) is 19.8 Å². The van der Waals surface area contributed by atoms with E-state index in [1.165, 1.54) is 5.56 Å². The minimum absolute atomic E-state index is 0.108. The molecule has 1 aliphatic heterocycles. The van der Waals surface area contributed by atoms with Crippen molar-refractivity contribution in [2.45, 2.75) is 45.9 Å². The molecule has 0 radical (unpaired) electrons. The SMILES string of the molecule is CC(C)(C)NCc1ccoc1COCC1CCOC1. The second-order valence-electron chi connectivity index (χ2n) is 6.22. The third-order valence-electron chi connectivity index (χ3n) is 3.26. The fourth-order valence-electron chi connectivity index (χ4n) is 2.04. The van der Waals surface area contributed by atoms with Gasteiger partial charge in [0.2, 0.25) is 0 Å². The van der Waals surface area contributed by atoms with Crippen molar-refractivity contribution in [1.82, 2.24) is 5.32 Å². The average Bonchev–Trinajstić information content (AvgIpc) is 2.96. The number of furan rings is 1. The Morgan fingerprint density at radius 3 is 2.95 bits per heavy atom. The molecule has 0 spiro atoms. The van der Waals surface area contributed by atoms with Gasteiger partial charge in [0.25, 0.3) is 0 Å². The summed E-state index contributed by atoms with van der Waals surface area (Å²) < 4.78 is 16.6. The van der Waals surface area contributed by atoms with Crippen LogP contribution >= 0.6 is 0 Å². The van der Waals surface area contributed by atoms with Crippen LogP contribution in [0.1, 0.15) is 38.5 Å². The molecule has 2 rings (SSSR count). The van der Waals surface area contributed by atoms with Crippen molar-refractivity contribution in [3.8, 4) is 0 Å². The Bertz CT molecular complexity index is 375. The standard InChI is InChI=1S/C15H25NO3/c1-15(2,3)16-8-13-5-7-19-14(13)11-18-10-12-4-6-17-9-12/h5,7,12,16H,4,6,8-11H2,1-3H3. The third kappa shape index (κ3) is 4.97. The lowest BCUT2D eigenvalue weighted by Crippen LogP contribution is -2.35. The largest absolute Gasteiger partial charge is 0.467 e. The zero-order valence-corrected chi connectivity index (χ0v) is 12.2. The first-order valence-corrected chi connectivity index (χ1v) is 7.00. The smallest absolute Gasteiger partial charge is 0.133 e. The van der Waals surface area contributed by atoms with Crippen molar-refractivity contribution in [3.05, 3.63) is 23.7 Å². The van der Waals surface area contributed by atoms with E-state index in [1.807, 2.05) is 6.07 Å². The molecule has 1 fully saturated rings. The van der Waals surface area contributed by atoms with Crippen LogP contribution in [0.2, 0.25) is 0 Å². The lowest BCUT2D eigenvalue weighted by atomic mass is 10.1. The van der Waals surface area contributed by atoms with E-state index in [2.05, 4.69) is 26.1 Å². The van der Waals surface area contributed by atoms with Gasteiger partial charge in [-0.2, -0.15) is 0 Å². The summed E-state index contributed by atoms with van der Waals surface area (Å²) >= 11 is 0. The maximum Gasteiger partial charge on any atom is 0.133 e. The number of hydrogen-bond acceptors (Lipinski definition) is 4. The Kier molecular flexibility index (Phi) is 5.02. The topological polar surface area (TPSA) is 43.6 Å². The number of hydrogen-bond donors (Lipinski definition) is 1. The lowest BCUT2D eigenvalue weighted by molar-refractivity contribution is 0.0685. The highest BCUT2D eigenvalue weighted by molar-refractivity contribution is 5.16. The lowest BCUT2D eigenvalue weighted by Gasteiger charge is -2.20. The zero-order chi connectivity index (χ0) is 13.7. The number of nitrogens with one attached hydrogen (secondary N) is 1. The van der Waals surface area contributed by atoms with Crippen LogP contribution in [0.25, 0.3) is 0 Å². The average molecular weight is 267 g/mol. The van der Waals surface area contributed by atoms with Gasteiger partial charge in [0.05, 0.1) is 19.5 Å². The van der Waals surface area contributed by atoms with Crippen LogP contribution in [0.5, 0.6) is 0 Å². The summed E-state index contributed by atoms with van der Waals surface area (Å²) in [6.45, 7) is 10.3. The molecule has 0 saturated carbocycles. The van der Waals surface area contributed by atoms with Crippen LogP contribution in [0.4, 0.5) is 0 Å². The van der Waals surface area contributed by atoms with Crippen molar-refractivity contribution in [3.63, 3.8) is 0 Å². The molecule has 1 aromatic heterocycles. The summed E-state index contributed by atoms with van der Waals surface area (Å²) in [5.41, 5.74) is 1.29. The van der Waals surface area contributed by atoms with Gasteiger partial charge >= 0.3 is 0 Å². The van der Waals surface area contributed by atoms with E-state index in [1.54, 1.807) is 6.26 Å². The van der Waals surface area contributed by atoms with E-state index < -0.39 is 0 Å². The maximum atomic E-state index is 5.73. The fourth-order valence-corrected chi connectivity index (χ4v) is 2.04. The highest BCUT2D eigenvalue weighted by Gasteiger charge is 2.17. The molecule has 1 atom stereocenters. The molecule has 19 heavy (non-hydrogen) atoms. The molecule has 0 aliphatic carbocycles. The van der Waals surface area contributed by atoms with Gasteiger partial charge in [-0.3, -0.25) is 0 Å². The summed E-state index contributed by atoms with van der Waals surface area (Å²) in [4.78, 5) is 0. The van der Waals surface area contributed by atoms with Gasteiger partial charge in [0, 0.05) is 30.2 Å². The van der Waals surface area contributed by atoms with Gasteiger partial charge < -0.3 is 19.2 Å². The van der Waals surface area contributed by atoms with E-state index in [4.69, 9.17) is 13.9 Å². The summed E-state index contributed by atoms with van der Waals surface area (Å²) in [5.74, 6) is 1.47. The van der Waals surface area contributed by atoms with E-state index >= 15 is 0 Å². The molecule has 1 unspecified atom stereocenters. The molecule has 1 N–H and O–H groups in total. The fraction of sp³-hybridized carbons (Fsp3) is 0.733. The van der Waals surface area contributed by atoms with Crippen molar-refractivity contribution >= 4 is 0 Å². The van der Waals surface area contributed by atoms with Crippen LogP contribution in [0.15, 0.2) is 16.7 Å². The summed E-state index contributed by atoms with van der Waals surface area (Å²) in [6.07, 6.45) is 2.84. The molecule has 1 saturated heterocycles. The molecule has 0 aromatic carbocycles. The van der Waals surface area contributed by atoms with Gasteiger partial charge in [-0.1, -0.05) is 0 Å². The van der Waals surface area contributed by atoms with Crippen LogP contribution < -0.4 is 5.32 Å². The summed E-state index contributed by atoms with van der Waals surface area (Å²) in [5, 5.41) is 3.46. The van der Waals surface area contributed by atoms with Gasteiger partial charge in [0.15, 0.2) is 0 Å². The first-order valence-electron chi connectivity index (χ1n) is 7.00. The minimum atomic E-state index is 0.108. The molecule has 1 aliphatic rings. The predicted octanol–water partition coefficient (Wildman–Crippen LogP) is 2.72. The summed E-state index contributed by atoms with van der Waals surface area (Å²) in [6, 6.07) is 2.01. The molecule has 4 heteroatoms. The Morgan fingerprint density at radius 1 is 1.42 bits per heavy atom. The molecule has 0 amide bonds. The van der Waals surface area contributed by atoms with E-state index in [0.29, 0.717) is 12.5 Å². The zero-order valence-electron chi connectivity index (χ0n) is 12.2. The quantitative estimate of drug-likeness (QED) is 0.860. The van der Waals surface area contributed by atoms with Gasteiger partial charge in [0.1, 0.15) is 12.4 Å². The van der Waals surface area contributed by atoms with E-state index in [9.17, 15) is 0 Å². The maximum absolute atomic E-state index is 5.73. The van der Waals surface area contributed by atoms with Crippen LogP contribution in [-0.4, -0.2) is 25.4 Å². The Balaban J connectivity index is 1.75. The Hall–Kier alpha value is -0.840. The monoisotopic (exact) mass is 267 g/mol. The Morgan fingerprint density at radius 2 is 2.26 bits per heavy atom. The molecule has 2 heterocycles. The molecule has 4 nitrogen and oxygen atoms in total. The molecular weight excluding hydrogens is 242 g/mol. The number of ether oxygens (including phenoxy) is 2. The second-order valence-corrected chi connectivity index (χ2v) is 6.22. The van der Waals surface area contributed by atoms with Gasteiger partial charge in [-0.15, -0.1) is 0 Å². The van der Waals surface area contributed by atoms with Crippen LogP contribution in [0, 0.1) is 5.92 Å². The van der Waals surface area contributed by atoms with Crippen LogP contribution in [-0.2, 0) is 22.6 Å². The van der Waals surface area contributed by atoms with Crippen LogP contribution in [0.3, 0.4) is 0 Å². The first-order chi connectivity index (χ1) is 9.04. The first kappa shape index (κ1) is 14.6. The second kappa shape index (κ2) is 6.55. The molecule has 108 valence electrons. The third-order valence-corrected chi connectivity index (χ3v) is 3.26. The van der Waals surface area contributed by atoms with Crippen molar-refractivity contribution in [1.29, 1.82) is 0 Å². The highest BCUT2D eigenvalue weighted by atomic mass is 16.5. The summed E-state index contributed by atoms with van der Waals surface area (Å²) in [7, 11) is 0. The predicted molar refractivity (Wildman–Crippen MR) is 73.9 cm³/mol. The molecule has 0 bridgehead atoms. The normalized spacial score (nSPS) is 20.1. The van der Waals surface area contributed by atoms with Gasteiger partial charge in [-0.25, -0.2) is 0 Å². The van der Waals surface area contributed by atoms with Gasteiger partial charge in [-0.05, 0) is 33.3 Å². The minimum Gasteiger partial charge on any atom is -0.467 e. The number of rotatable bonds is 6. The molecular formula is C15H25NO3. The Labute approximate surface area is 115 Å².